The van der Waals surface area contributed by atoms with E-state index in [4.69, 9.17) is 4.74 Å². The van der Waals surface area contributed by atoms with Crippen LogP contribution in [-0.2, 0) is 4.79 Å². The smallest absolute Gasteiger partial charge is 0.257 e. The molecule has 3 aromatic rings. The maximum absolute atomic E-state index is 14.6. The van der Waals surface area contributed by atoms with Crippen LogP contribution in [0.1, 0.15) is 24.8 Å². The molecule has 2 atom stereocenters. The molecular weight excluding hydrogens is 430 g/mol. The van der Waals surface area contributed by atoms with Crippen molar-refractivity contribution in [3.63, 3.8) is 0 Å². The number of carbonyl (C=O) groups excluding carboxylic acids is 1. The highest BCUT2D eigenvalue weighted by molar-refractivity contribution is 5.93. The van der Waals surface area contributed by atoms with Gasteiger partial charge in [-0.25, -0.2) is 13.8 Å². The Morgan fingerprint density at radius 3 is 2.64 bits per heavy atom. The van der Waals surface area contributed by atoms with Crippen molar-refractivity contribution in [1.82, 2.24) is 14.9 Å². The van der Waals surface area contributed by atoms with Crippen molar-refractivity contribution < 1.29 is 18.3 Å². The largest absolute Gasteiger partial charge is 0.456 e. The Morgan fingerprint density at radius 2 is 1.97 bits per heavy atom. The number of aromatic nitrogens is 2. The Balaban J connectivity index is 1.39. The van der Waals surface area contributed by atoms with Crippen molar-refractivity contribution in [1.29, 1.82) is 0 Å². The summed E-state index contributed by atoms with van der Waals surface area (Å²) in [6.07, 6.45) is 2.44. The fourth-order valence-corrected chi connectivity index (χ4v) is 3.80. The first-order chi connectivity index (χ1) is 15.8. The molecule has 4 rings (SSSR count). The van der Waals surface area contributed by atoms with E-state index in [1.54, 1.807) is 24.0 Å². The Kier molecular flexibility index (Phi) is 6.50. The lowest BCUT2D eigenvalue weighted by molar-refractivity contribution is -0.125. The van der Waals surface area contributed by atoms with E-state index < -0.39 is 17.9 Å². The van der Waals surface area contributed by atoms with Gasteiger partial charge in [0.05, 0.1) is 18.2 Å². The Morgan fingerprint density at radius 1 is 1.18 bits per heavy atom. The maximum Gasteiger partial charge on any atom is 0.257 e. The molecule has 9 heteroatoms. The summed E-state index contributed by atoms with van der Waals surface area (Å²) in [5, 5.41) is 2.73. The zero-order valence-electron chi connectivity index (χ0n) is 18.0. The number of anilines is 1. The van der Waals surface area contributed by atoms with Gasteiger partial charge in [0.25, 0.3) is 5.92 Å². The fourth-order valence-electron chi connectivity index (χ4n) is 3.80. The van der Waals surface area contributed by atoms with E-state index in [9.17, 15) is 18.4 Å². The molecule has 1 unspecified atom stereocenters. The number of rotatable bonds is 6. The summed E-state index contributed by atoms with van der Waals surface area (Å²) in [6.45, 7) is 1.75. The number of pyridine rings is 2. The molecule has 1 amide bonds. The predicted molar refractivity (Wildman–Crippen MR) is 120 cm³/mol. The highest BCUT2D eigenvalue weighted by Gasteiger charge is 2.46. The minimum atomic E-state index is -2.93. The first kappa shape index (κ1) is 22.6. The summed E-state index contributed by atoms with van der Waals surface area (Å²) in [5.74, 6) is -2.86. The van der Waals surface area contributed by atoms with Crippen LogP contribution in [0, 0.1) is 0 Å². The van der Waals surface area contributed by atoms with Crippen molar-refractivity contribution in [3.05, 3.63) is 82.9 Å². The lowest BCUT2D eigenvalue weighted by Crippen LogP contribution is -2.52. The van der Waals surface area contributed by atoms with Crippen LogP contribution in [0.3, 0.4) is 0 Å². The first-order valence-electron chi connectivity index (χ1n) is 10.6. The number of benzene rings is 1. The minimum absolute atomic E-state index is 0.00902. The van der Waals surface area contributed by atoms with E-state index in [1.807, 2.05) is 30.3 Å². The average Bonchev–Trinajstić information content (AvgIpc) is 2.81. The molecule has 2 aromatic heterocycles. The normalized spacial score (nSPS) is 18.9. The number of likely N-dealkylation sites (tertiary alicyclic amines) is 1. The number of amides is 1. The quantitative estimate of drug-likeness (QED) is 0.588. The second-order valence-corrected chi connectivity index (χ2v) is 8.00. The number of alkyl halides is 2. The van der Waals surface area contributed by atoms with Crippen molar-refractivity contribution in [2.75, 3.05) is 18.4 Å². The molecule has 0 bridgehead atoms. The molecule has 0 saturated carbocycles. The molecule has 0 spiro atoms. The number of ether oxygens (including phenoxy) is 1. The van der Waals surface area contributed by atoms with Gasteiger partial charge in [-0.05, 0) is 36.8 Å². The summed E-state index contributed by atoms with van der Waals surface area (Å²) < 4.78 is 34.9. The van der Waals surface area contributed by atoms with E-state index in [-0.39, 0.29) is 31.0 Å². The van der Waals surface area contributed by atoms with Crippen LogP contribution in [-0.4, -0.2) is 45.8 Å². The molecule has 0 aliphatic carbocycles. The molecule has 7 nitrogen and oxygen atoms in total. The zero-order valence-corrected chi connectivity index (χ0v) is 18.0. The number of aromatic amines is 1. The summed E-state index contributed by atoms with van der Waals surface area (Å²) in [6, 6.07) is 14.6. The minimum Gasteiger partial charge on any atom is -0.456 e. The Bertz CT molecular complexity index is 1130. The third-order valence-corrected chi connectivity index (χ3v) is 5.76. The van der Waals surface area contributed by atoms with Gasteiger partial charge in [-0.2, -0.15) is 0 Å². The number of hydrogen-bond donors (Lipinski definition) is 2. The van der Waals surface area contributed by atoms with Crippen LogP contribution in [0.15, 0.2) is 71.8 Å². The predicted octanol–water partition coefficient (Wildman–Crippen LogP) is 4.01. The number of nitrogens with one attached hydrogen (secondary N) is 2. The third-order valence-electron chi connectivity index (χ3n) is 5.76. The summed E-state index contributed by atoms with van der Waals surface area (Å²) in [5.41, 5.74) is -0.0113. The van der Waals surface area contributed by atoms with Gasteiger partial charge in [0.1, 0.15) is 17.3 Å². The summed E-state index contributed by atoms with van der Waals surface area (Å²) >= 11 is 0. The third kappa shape index (κ3) is 5.43. The zero-order chi connectivity index (χ0) is 23.4. The standard InChI is InChI=1S/C24H24F2N4O3/c1-16(30-12-11-24(25,26)20(15-30)17-7-10-22(31)28-13-17)23(32)29-21-9-8-19(14-27-21)33-18-5-3-2-4-6-18/h2-10,13-14,16,20H,11-12,15H2,1H3,(H,28,31)(H,27,29,32)/t16?,20-/m1/s1. The lowest BCUT2D eigenvalue weighted by Gasteiger charge is -2.40. The van der Waals surface area contributed by atoms with Crippen LogP contribution in [0.2, 0.25) is 0 Å². The van der Waals surface area contributed by atoms with Gasteiger partial charge in [-0.15, -0.1) is 0 Å². The average molecular weight is 454 g/mol. The van der Waals surface area contributed by atoms with Crippen molar-refractivity contribution in [2.24, 2.45) is 0 Å². The van der Waals surface area contributed by atoms with Crippen molar-refractivity contribution >= 4 is 11.7 Å². The monoisotopic (exact) mass is 454 g/mol. The highest BCUT2D eigenvalue weighted by atomic mass is 19.3. The molecule has 1 aliphatic heterocycles. The Labute approximate surface area is 189 Å². The van der Waals surface area contributed by atoms with Gasteiger partial charge in [-0.3, -0.25) is 14.5 Å². The van der Waals surface area contributed by atoms with Gasteiger partial charge >= 0.3 is 0 Å². The number of hydrogen-bond acceptors (Lipinski definition) is 5. The van der Waals surface area contributed by atoms with Crippen molar-refractivity contribution in [3.8, 4) is 11.5 Å². The second kappa shape index (κ2) is 9.50. The molecular formula is C24H24F2N4O3. The molecule has 33 heavy (non-hydrogen) atoms. The van der Waals surface area contributed by atoms with Gasteiger partial charge in [-0.1, -0.05) is 24.3 Å². The molecule has 1 aliphatic rings. The molecule has 1 fully saturated rings. The maximum atomic E-state index is 14.6. The molecule has 1 aromatic carbocycles. The van der Waals surface area contributed by atoms with Crippen LogP contribution in [0.4, 0.5) is 14.6 Å². The SMILES string of the molecule is CC(C(=O)Nc1ccc(Oc2ccccc2)cn1)N1CCC(F)(F)[C@@H](c2ccc(=O)[nH]c2)C1. The summed E-state index contributed by atoms with van der Waals surface area (Å²) in [7, 11) is 0. The second-order valence-electron chi connectivity index (χ2n) is 8.00. The van der Waals surface area contributed by atoms with E-state index >= 15 is 0 Å². The number of H-pyrrole nitrogens is 1. The van der Waals surface area contributed by atoms with E-state index in [1.165, 1.54) is 24.5 Å². The highest BCUT2D eigenvalue weighted by Crippen LogP contribution is 2.40. The molecule has 3 heterocycles. The number of piperidine rings is 1. The Hall–Kier alpha value is -3.59. The number of carbonyl (C=O) groups is 1. The van der Waals surface area contributed by atoms with Gasteiger partial charge in [0, 0.05) is 31.8 Å². The van der Waals surface area contributed by atoms with Gasteiger partial charge < -0.3 is 15.0 Å². The van der Waals surface area contributed by atoms with Gasteiger partial charge in [0.2, 0.25) is 11.5 Å². The van der Waals surface area contributed by atoms with Gasteiger partial charge in [0.15, 0.2) is 0 Å². The van der Waals surface area contributed by atoms with Crippen molar-refractivity contribution in [2.45, 2.75) is 31.2 Å². The molecule has 172 valence electrons. The number of halogens is 2. The fraction of sp³-hybridized carbons (Fsp3) is 0.292. The number of nitrogens with zero attached hydrogens (tertiary/aromatic N) is 2. The van der Waals surface area contributed by atoms with Crippen LogP contribution in [0.25, 0.3) is 0 Å². The van der Waals surface area contributed by atoms with E-state index in [0.717, 1.165) is 0 Å². The molecule has 1 saturated heterocycles. The van der Waals surface area contributed by atoms with Crippen LogP contribution >= 0.6 is 0 Å². The summed E-state index contributed by atoms with van der Waals surface area (Å²) in [4.78, 5) is 32.4. The topological polar surface area (TPSA) is 87.3 Å². The van der Waals surface area contributed by atoms with Crippen LogP contribution in [0.5, 0.6) is 11.5 Å². The van der Waals surface area contributed by atoms with Crippen LogP contribution < -0.4 is 15.6 Å². The van der Waals surface area contributed by atoms with E-state index in [2.05, 4.69) is 15.3 Å². The molecule has 0 radical (unpaired) electrons. The number of para-hydroxylation sites is 1. The lowest BCUT2D eigenvalue weighted by atomic mass is 9.87. The first-order valence-corrected chi connectivity index (χ1v) is 10.6. The van der Waals surface area contributed by atoms with E-state index in [0.29, 0.717) is 22.9 Å². The molecule has 2 N–H and O–H groups in total.